The van der Waals surface area contributed by atoms with Crippen LogP contribution in [-0.4, -0.2) is 59.7 Å². The monoisotopic (exact) mass is 417 g/mol. The summed E-state index contributed by atoms with van der Waals surface area (Å²) in [5.41, 5.74) is 3.26. The van der Waals surface area contributed by atoms with E-state index in [4.69, 9.17) is 4.74 Å². The molecular weight excluding hydrogens is 374 g/mol. The van der Waals surface area contributed by atoms with Crippen molar-refractivity contribution in [2.75, 3.05) is 26.3 Å². The number of rotatable bonds is 4. The predicted octanol–water partition coefficient (Wildman–Crippen LogP) is 4.32. The average molecular weight is 418 g/mol. The molecule has 0 amide bonds. The van der Waals surface area contributed by atoms with Crippen LogP contribution in [0.1, 0.15) is 72.1 Å². The highest BCUT2D eigenvalue weighted by Gasteiger charge is 2.50. The Hall–Kier alpha value is -0.680. The number of nitrogens with zero attached hydrogens (tertiary/aromatic N) is 1. The van der Waals surface area contributed by atoms with Gasteiger partial charge in [0.1, 0.15) is 0 Å². The largest absolute Gasteiger partial charge is 0.393 e. The van der Waals surface area contributed by atoms with Crippen LogP contribution in [0.25, 0.3) is 0 Å². The van der Waals surface area contributed by atoms with Crippen LogP contribution in [0.15, 0.2) is 23.3 Å². The summed E-state index contributed by atoms with van der Waals surface area (Å²) in [6.45, 7) is 11.4. The Morgan fingerprint density at radius 3 is 2.70 bits per heavy atom. The van der Waals surface area contributed by atoms with E-state index in [1.54, 1.807) is 5.57 Å². The van der Waals surface area contributed by atoms with Gasteiger partial charge in [0, 0.05) is 19.1 Å². The van der Waals surface area contributed by atoms with Crippen molar-refractivity contribution in [3.05, 3.63) is 23.3 Å². The number of allylic oxidation sites excluding steroid dienone is 3. The third kappa shape index (κ3) is 4.72. The van der Waals surface area contributed by atoms with Gasteiger partial charge < -0.3 is 14.9 Å². The zero-order chi connectivity index (χ0) is 21.3. The second-order valence-electron chi connectivity index (χ2n) is 11.0. The van der Waals surface area contributed by atoms with Crippen LogP contribution in [0.3, 0.4) is 0 Å². The molecule has 0 bridgehead atoms. The molecule has 3 aliphatic carbocycles. The highest BCUT2D eigenvalue weighted by atomic mass is 16.5. The van der Waals surface area contributed by atoms with Crippen LogP contribution in [0, 0.1) is 23.2 Å². The van der Waals surface area contributed by atoms with Crippen LogP contribution in [0.5, 0.6) is 0 Å². The maximum Gasteiger partial charge on any atom is 0.0619 e. The fourth-order valence-corrected chi connectivity index (χ4v) is 7.27. The molecule has 1 unspecified atom stereocenters. The molecule has 0 aromatic carbocycles. The molecule has 1 saturated heterocycles. The summed E-state index contributed by atoms with van der Waals surface area (Å²) in [6.07, 6.45) is 12.4. The van der Waals surface area contributed by atoms with Crippen molar-refractivity contribution in [1.82, 2.24) is 4.90 Å². The van der Waals surface area contributed by atoms with E-state index in [-0.39, 0.29) is 12.2 Å². The van der Waals surface area contributed by atoms with E-state index in [1.165, 1.54) is 44.2 Å². The van der Waals surface area contributed by atoms with E-state index in [1.807, 2.05) is 0 Å². The van der Waals surface area contributed by atoms with E-state index >= 15 is 0 Å². The van der Waals surface area contributed by atoms with E-state index in [0.29, 0.717) is 23.8 Å². The zero-order valence-corrected chi connectivity index (χ0v) is 19.4. The molecule has 1 aliphatic heterocycles. The molecule has 30 heavy (non-hydrogen) atoms. The van der Waals surface area contributed by atoms with Gasteiger partial charge in [0.2, 0.25) is 0 Å². The Morgan fingerprint density at radius 2 is 1.97 bits per heavy atom. The maximum absolute atomic E-state index is 9.99. The Labute approximate surface area is 183 Å². The quantitative estimate of drug-likeness (QED) is 0.715. The fourth-order valence-electron chi connectivity index (χ4n) is 7.27. The minimum atomic E-state index is -0.380. The van der Waals surface area contributed by atoms with Gasteiger partial charge in [-0.05, 0) is 81.5 Å². The van der Waals surface area contributed by atoms with Crippen molar-refractivity contribution < 1.29 is 14.9 Å². The van der Waals surface area contributed by atoms with Gasteiger partial charge in [0.25, 0.3) is 0 Å². The number of ether oxygens (including phenoxy) is 1. The SMILES string of the molecule is CC(CN1CCOC[C@H]1C)[C@H]1CC[C@H]2/C(=C/C=C3C[C@@H](O)C[C@H](O)C3)CCC[C@]12C. The lowest BCUT2D eigenvalue weighted by atomic mass is 9.61. The summed E-state index contributed by atoms with van der Waals surface area (Å²) in [5.74, 6) is 2.23. The van der Waals surface area contributed by atoms with Gasteiger partial charge in [-0.3, -0.25) is 4.90 Å². The summed E-state index contributed by atoms with van der Waals surface area (Å²) in [4.78, 5) is 2.65. The zero-order valence-electron chi connectivity index (χ0n) is 19.4. The molecule has 4 aliphatic rings. The summed E-state index contributed by atoms with van der Waals surface area (Å²) >= 11 is 0. The molecule has 4 nitrogen and oxygen atoms in total. The second-order valence-corrected chi connectivity index (χ2v) is 11.0. The minimum absolute atomic E-state index is 0.380. The first-order valence-electron chi connectivity index (χ1n) is 12.4. The molecule has 0 radical (unpaired) electrons. The molecule has 2 N–H and O–H groups in total. The van der Waals surface area contributed by atoms with E-state index < -0.39 is 0 Å². The third-order valence-corrected chi connectivity index (χ3v) is 8.83. The van der Waals surface area contributed by atoms with Crippen molar-refractivity contribution in [2.24, 2.45) is 23.2 Å². The molecule has 4 heteroatoms. The Kier molecular flexibility index (Phi) is 7.08. The topological polar surface area (TPSA) is 52.9 Å². The molecule has 0 aromatic rings. The van der Waals surface area contributed by atoms with Gasteiger partial charge in [-0.1, -0.05) is 37.1 Å². The van der Waals surface area contributed by atoms with Crippen molar-refractivity contribution in [2.45, 2.75) is 90.4 Å². The molecule has 3 saturated carbocycles. The molecule has 7 atom stereocenters. The number of aliphatic hydroxyl groups excluding tert-OH is 2. The first-order valence-corrected chi connectivity index (χ1v) is 12.4. The molecular formula is C26H43NO3. The van der Waals surface area contributed by atoms with Gasteiger partial charge in [0.15, 0.2) is 0 Å². The number of aliphatic hydroxyl groups is 2. The lowest BCUT2D eigenvalue weighted by Gasteiger charge is -2.46. The van der Waals surface area contributed by atoms with Crippen molar-refractivity contribution >= 4 is 0 Å². The highest BCUT2D eigenvalue weighted by Crippen LogP contribution is 2.59. The third-order valence-electron chi connectivity index (χ3n) is 8.83. The lowest BCUT2D eigenvalue weighted by molar-refractivity contribution is -0.0176. The fraction of sp³-hybridized carbons (Fsp3) is 0.846. The number of fused-ring (bicyclic) bond motifs is 1. The number of morpholine rings is 1. The Balaban J connectivity index is 1.45. The number of hydrogen-bond acceptors (Lipinski definition) is 4. The van der Waals surface area contributed by atoms with Crippen LogP contribution < -0.4 is 0 Å². The Bertz CT molecular complexity index is 647. The molecule has 0 aromatic heterocycles. The van der Waals surface area contributed by atoms with Gasteiger partial charge in [-0.25, -0.2) is 0 Å². The molecule has 4 rings (SSSR count). The summed E-state index contributed by atoms with van der Waals surface area (Å²) < 4.78 is 5.64. The highest BCUT2D eigenvalue weighted by molar-refractivity contribution is 5.26. The van der Waals surface area contributed by atoms with Gasteiger partial charge >= 0.3 is 0 Å². The molecule has 170 valence electrons. The van der Waals surface area contributed by atoms with Gasteiger partial charge in [0.05, 0.1) is 25.4 Å². The van der Waals surface area contributed by atoms with E-state index in [2.05, 4.69) is 37.8 Å². The average Bonchev–Trinajstić information content (AvgIpc) is 3.05. The molecule has 1 heterocycles. The standard InChI is InChI=1S/C26H43NO3/c1-18(16-27-11-12-30-17-19(27)2)24-8-9-25-21(5-4-10-26(24,25)3)7-6-20-13-22(28)15-23(29)14-20/h6-7,18-19,22-25,28-29H,4-5,8-17H2,1-3H3/b21-7+/t18?,19-,22-,23-,24-,25+,26-/m1/s1. The second kappa shape index (κ2) is 9.44. The first kappa shape index (κ1) is 22.5. The van der Waals surface area contributed by atoms with Crippen molar-refractivity contribution in [1.29, 1.82) is 0 Å². The smallest absolute Gasteiger partial charge is 0.0619 e. The van der Waals surface area contributed by atoms with Crippen LogP contribution in [-0.2, 0) is 4.74 Å². The van der Waals surface area contributed by atoms with Crippen molar-refractivity contribution in [3.63, 3.8) is 0 Å². The lowest BCUT2D eigenvalue weighted by Crippen LogP contribution is -2.47. The summed E-state index contributed by atoms with van der Waals surface area (Å²) in [6, 6.07) is 0.542. The van der Waals surface area contributed by atoms with Crippen LogP contribution in [0.4, 0.5) is 0 Å². The van der Waals surface area contributed by atoms with Crippen molar-refractivity contribution in [3.8, 4) is 0 Å². The van der Waals surface area contributed by atoms with Crippen LogP contribution in [0.2, 0.25) is 0 Å². The van der Waals surface area contributed by atoms with Gasteiger partial charge in [-0.15, -0.1) is 0 Å². The molecule has 4 fully saturated rings. The van der Waals surface area contributed by atoms with E-state index in [0.717, 1.165) is 44.4 Å². The maximum atomic E-state index is 9.99. The summed E-state index contributed by atoms with van der Waals surface area (Å²) in [5, 5.41) is 20.0. The van der Waals surface area contributed by atoms with Crippen LogP contribution >= 0.6 is 0 Å². The minimum Gasteiger partial charge on any atom is -0.393 e. The predicted molar refractivity (Wildman–Crippen MR) is 121 cm³/mol. The van der Waals surface area contributed by atoms with E-state index in [9.17, 15) is 10.2 Å². The summed E-state index contributed by atoms with van der Waals surface area (Å²) in [7, 11) is 0. The first-order chi connectivity index (χ1) is 14.4. The number of hydrogen-bond donors (Lipinski definition) is 2. The Morgan fingerprint density at radius 1 is 1.20 bits per heavy atom. The van der Waals surface area contributed by atoms with Gasteiger partial charge in [-0.2, -0.15) is 0 Å². The molecule has 0 spiro atoms. The normalized spacial score (nSPS) is 42.9.